The third-order valence-corrected chi connectivity index (χ3v) is 4.01. The van der Waals surface area contributed by atoms with Crippen molar-refractivity contribution in [3.8, 4) is 6.07 Å². The number of hydrogen-bond acceptors (Lipinski definition) is 5. The van der Waals surface area contributed by atoms with E-state index in [4.69, 9.17) is 20.3 Å². The molecule has 0 saturated carbocycles. The van der Waals surface area contributed by atoms with E-state index in [-0.39, 0.29) is 6.04 Å². The van der Waals surface area contributed by atoms with Crippen LogP contribution in [0.1, 0.15) is 52.0 Å². The van der Waals surface area contributed by atoms with Crippen molar-refractivity contribution in [3.63, 3.8) is 0 Å². The largest absolute Gasteiger partial charge is 0.496 e. The zero-order valence-electron chi connectivity index (χ0n) is 12.6. The third kappa shape index (κ3) is 2.45. The summed E-state index contributed by atoms with van der Waals surface area (Å²) < 4.78 is 12.0. The van der Waals surface area contributed by atoms with Gasteiger partial charge in [0.15, 0.2) is 0 Å². The van der Waals surface area contributed by atoms with Gasteiger partial charge in [-0.2, -0.15) is 5.26 Å². The molecule has 0 aromatic carbocycles. The zero-order valence-corrected chi connectivity index (χ0v) is 12.6. The molecule has 1 unspecified atom stereocenters. The average Bonchev–Trinajstić information content (AvgIpc) is 2.57. The number of pyridine rings is 1. The highest BCUT2D eigenvalue weighted by atomic mass is 16.7. The first-order chi connectivity index (χ1) is 9.18. The zero-order chi connectivity index (χ0) is 15.1. The summed E-state index contributed by atoms with van der Waals surface area (Å²) in [5.41, 5.74) is 6.90. The van der Waals surface area contributed by atoms with Crippen LogP contribution in [0.15, 0.2) is 12.1 Å². The van der Waals surface area contributed by atoms with E-state index in [2.05, 4.69) is 4.98 Å². The normalized spacial score (nSPS) is 21.6. The fourth-order valence-electron chi connectivity index (χ4n) is 2.08. The lowest BCUT2D eigenvalue weighted by Gasteiger charge is -2.32. The van der Waals surface area contributed by atoms with Crippen LogP contribution in [0, 0.1) is 11.3 Å². The molecule has 0 amide bonds. The van der Waals surface area contributed by atoms with Gasteiger partial charge in [-0.25, -0.2) is 4.98 Å². The fraction of sp³-hybridized carbons (Fsp3) is 0.571. The molecule has 6 heteroatoms. The summed E-state index contributed by atoms with van der Waals surface area (Å²) >= 11 is 0. The van der Waals surface area contributed by atoms with Crippen LogP contribution >= 0.6 is 0 Å². The molecule has 1 aliphatic heterocycles. The van der Waals surface area contributed by atoms with E-state index in [1.807, 2.05) is 46.8 Å². The molecular weight excluding hydrogens is 253 g/mol. The molecule has 2 rings (SSSR count). The lowest BCUT2D eigenvalue weighted by Crippen LogP contribution is -2.41. The Morgan fingerprint density at radius 1 is 1.25 bits per heavy atom. The van der Waals surface area contributed by atoms with Gasteiger partial charge in [0.05, 0.1) is 16.9 Å². The quantitative estimate of drug-likeness (QED) is 0.821. The highest BCUT2D eigenvalue weighted by Crippen LogP contribution is 2.36. The van der Waals surface area contributed by atoms with Gasteiger partial charge in [0, 0.05) is 11.5 Å². The number of nitrogens with zero attached hydrogens (tertiary/aromatic N) is 2. The number of nitriles is 1. The summed E-state index contributed by atoms with van der Waals surface area (Å²) in [7, 11) is -0.513. The maximum atomic E-state index is 8.95. The lowest BCUT2D eigenvalue weighted by molar-refractivity contribution is 0.00578. The molecule has 5 nitrogen and oxygen atoms in total. The molecule has 0 bridgehead atoms. The molecule has 1 fully saturated rings. The summed E-state index contributed by atoms with van der Waals surface area (Å²) in [6.45, 7) is 9.81. The van der Waals surface area contributed by atoms with Crippen LogP contribution in [-0.2, 0) is 9.31 Å². The van der Waals surface area contributed by atoms with Crippen LogP contribution in [0.25, 0.3) is 0 Å². The number of nitrogens with two attached hydrogens (primary N) is 1. The molecule has 1 saturated heterocycles. The number of aromatic nitrogens is 1. The first kappa shape index (κ1) is 15.0. The third-order valence-electron chi connectivity index (χ3n) is 4.01. The Kier molecular flexibility index (Phi) is 3.63. The van der Waals surface area contributed by atoms with Gasteiger partial charge in [-0.3, -0.25) is 0 Å². The number of hydrogen-bond donors (Lipinski definition) is 1. The minimum absolute atomic E-state index is 0.294. The first-order valence-corrected chi connectivity index (χ1v) is 6.70. The van der Waals surface area contributed by atoms with Crippen LogP contribution in [0.2, 0.25) is 0 Å². The van der Waals surface area contributed by atoms with E-state index in [0.29, 0.717) is 11.4 Å². The summed E-state index contributed by atoms with van der Waals surface area (Å²) in [6, 6.07) is 5.20. The fourth-order valence-corrected chi connectivity index (χ4v) is 2.08. The van der Waals surface area contributed by atoms with Crippen molar-refractivity contribution in [1.82, 2.24) is 4.98 Å². The first-order valence-electron chi connectivity index (χ1n) is 6.70. The predicted octanol–water partition coefficient (Wildman–Crippen LogP) is 1.27. The van der Waals surface area contributed by atoms with Crippen LogP contribution in [0.3, 0.4) is 0 Å². The van der Waals surface area contributed by atoms with E-state index in [1.165, 1.54) is 0 Å². The van der Waals surface area contributed by atoms with Crippen molar-refractivity contribution in [2.75, 3.05) is 0 Å². The molecule has 0 radical (unpaired) electrons. The van der Waals surface area contributed by atoms with Crippen molar-refractivity contribution in [2.45, 2.75) is 51.9 Å². The van der Waals surface area contributed by atoms with Crippen LogP contribution < -0.4 is 11.2 Å². The van der Waals surface area contributed by atoms with E-state index >= 15 is 0 Å². The van der Waals surface area contributed by atoms with Crippen LogP contribution in [-0.4, -0.2) is 23.3 Å². The van der Waals surface area contributed by atoms with Gasteiger partial charge in [-0.15, -0.1) is 0 Å². The lowest BCUT2D eigenvalue weighted by atomic mass is 9.76. The second-order valence-corrected chi connectivity index (χ2v) is 6.16. The second kappa shape index (κ2) is 4.85. The Morgan fingerprint density at radius 3 is 2.25 bits per heavy atom. The maximum Gasteiger partial charge on any atom is 0.496 e. The van der Waals surface area contributed by atoms with E-state index < -0.39 is 18.3 Å². The molecular formula is C14H20BN3O2. The smallest absolute Gasteiger partial charge is 0.399 e. The Hall–Kier alpha value is -1.42. The molecule has 1 aromatic rings. The van der Waals surface area contributed by atoms with Gasteiger partial charge in [0.2, 0.25) is 0 Å². The predicted molar refractivity (Wildman–Crippen MR) is 77.3 cm³/mol. The SMILES string of the molecule is CC(N)c1nc(C#N)ccc1B1OC(C)(C)C(C)(C)O1. The Bertz CT molecular complexity index is 548. The standard InChI is InChI=1S/C14H20BN3O2/c1-9(17)12-11(7-6-10(8-16)18-12)15-19-13(2,3)14(4,5)20-15/h6-7,9H,17H2,1-5H3. The molecule has 2 heterocycles. The van der Waals surface area contributed by atoms with Crippen LogP contribution in [0.4, 0.5) is 0 Å². The van der Waals surface area contributed by atoms with E-state index in [0.717, 1.165) is 5.46 Å². The van der Waals surface area contributed by atoms with Gasteiger partial charge in [-0.05, 0) is 40.7 Å². The van der Waals surface area contributed by atoms with Crippen LogP contribution in [0.5, 0.6) is 0 Å². The molecule has 1 aromatic heterocycles. The van der Waals surface area contributed by atoms with Crippen molar-refractivity contribution in [1.29, 1.82) is 5.26 Å². The van der Waals surface area contributed by atoms with Crippen molar-refractivity contribution in [3.05, 3.63) is 23.5 Å². The Morgan fingerprint density at radius 2 is 1.80 bits per heavy atom. The molecule has 1 atom stereocenters. The van der Waals surface area contributed by atoms with Gasteiger partial charge >= 0.3 is 7.12 Å². The van der Waals surface area contributed by atoms with Gasteiger partial charge in [0.1, 0.15) is 11.8 Å². The van der Waals surface area contributed by atoms with Gasteiger partial charge in [-0.1, -0.05) is 6.07 Å². The molecule has 1 aliphatic rings. The summed E-state index contributed by atoms with van der Waals surface area (Å²) in [5.74, 6) is 0. The molecule has 2 N–H and O–H groups in total. The monoisotopic (exact) mass is 273 g/mol. The highest BCUT2D eigenvalue weighted by Gasteiger charge is 2.52. The summed E-state index contributed by atoms with van der Waals surface area (Å²) in [6.07, 6.45) is 0. The molecule has 0 spiro atoms. The van der Waals surface area contributed by atoms with E-state index in [9.17, 15) is 0 Å². The topological polar surface area (TPSA) is 81.2 Å². The Labute approximate surface area is 120 Å². The average molecular weight is 273 g/mol. The highest BCUT2D eigenvalue weighted by molar-refractivity contribution is 6.62. The second-order valence-electron chi connectivity index (χ2n) is 6.16. The molecule has 106 valence electrons. The van der Waals surface area contributed by atoms with E-state index in [1.54, 1.807) is 6.07 Å². The summed E-state index contributed by atoms with van der Waals surface area (Å²) in [4.78, 5) is 4.28. The van der Waals surface area contributed by atoms with Gasteiger partial charge < -0.3 is 15.0 Å². The summed E-state index contributed by atoms with van der Waals surface area (Å²) in [5, 5.41) is 8.95. The van der Waals surface area contributed by atoms with Crippen molar-refractivity contribution >= 4 is 12.6 Å². The Balaban J connectivity index is 2.43. The minimum atomic E-state index is -0.513. The van der Waals surface area contributed by atoms with Crippen molar-refractivity contribution in [2.24, 2.45) is 5.73 Å². The molecule has 0 aliphatic carbocycles. The maximum absolute atomic E-state index is 8.95. The molecule has 20 heavy (non-hydrogen) atoms. The number of rotatable bonds is 2. The minimum Gasteiger partial charge on any atom is -0.399 e. The van der Waals surface area contributed by atoms with Crippen molar-refractivity contribution < 1.29 is 9.31 Å². The van der Waals surface area contributed by atoms with Gasteiger partial charge in [0.25, 0.3) is 0 Å².